The number of hydrogen-bond acceptors (Lipinski definition) is 4. The Morgan fingerprint density at radius 2 is 2.05 bits per heavy atom. The van der Waals surface area contributed by atoms with Gasteiger partial charge in [0.25, 0.3) is 0 Å². The maximum absolute atomic E-state index is 12.4. The topological polar surface area (TPSA) is 61.6 Å². The summed E-state index contributed by atoms with van der Waals surface area (Å²) in [4.78, 5) is 16.5. The number of β-amino-alcohol motifs (C(OH)–C–C–N with tert-alkyl or cyclic N) is 1. The molecule has 1 N–H and O–H groups in total. The number of carbonyl (C=O) groups excluding carboxylic acids is 1. The van der Waals surface area contributed by atoms with Gasteiger partial charge in [-0.1, -0.05) is 0 Å². The molecular formula is C13H21BrN4O2. The minimum absolute atomic E-state index is 0.0947. The average Bonchev–Trinajstić information content (AvgIpc) is 2.84. The molecule has 2 rings (SSSR count). The van der Waals surface area contributed by atoms with E-state index in [1.807, 2.05) is 18.0 Å². The van der Waals surface area contributed by atoms with Crippen LogP contribution in [0.5, 0.6) is 0 Å². The molecule has 0 aliphatic carbocycles. The third kappa shape index (κ3) is 3.80. The molecule has 1 aliphatic heterocycles. The fraction of sp³-hybridized carbons (Fsp3) is 0.692. The second kappa shape index (κ2) is 6.69. The van der Waals surface area contributed by atoms with Gasteiger partial charge in [-0.3, -0.25) is 14.4 Å². The third-order valence-corrected chi connectivity index (χ3v) is 3.94. The molecular weight excluding hydrogens is 324 g/mol. The van der Waals surface area contributed by atoms with Crippen molar-refractivity contribution in [1.29, 1.82) is 0 Å². The van der Waals surface area contributed by atoms with Crippen LogP contribution in [0.3, 0.4) is 0 Å². The Morgan fingerprint density at radius 3 is 2.55 bits per heavy atom. The Bertz CT molecular complexity index is 455. The first kappa shape index (κ1) is 15.5. The fourth-order valence-corrected chi connectivity index (χ4v) is 2.73. The summed E-state index contributed by atoms with van der Waals surface area (Å²) in [6.07, 6.45) is 3.17. The van der Waals surface area contributed by atoms with Crippen LogP contribution in [0.1, 0.15) is 19.9 Å². The minimum Gasteiger partial charge on any atom is -0.392 e. The molecule has 0 radical (unpaired) electrons. The highest BCUT2D eigenvalue weighted by Crippen LogP contribution is 2.15. The normalized spacial score (nSPS) is 19.9. The van der Waals surface area contributed by atoms with Gasteiger partial charge < -0.3 is 10.0 Å². The Labute approximate surface area is 127 Å². The zero-order valence-corrected chi connectivity index (χ0v) is 13.5. The first-order valence-electron chi connectivity index (χ1n) is 6.86. The second-order valence-corrected chi connectivity index (χ2v) is 6.21. The fourth-order valence-electron chi connectivity index (χ4n) is 2.43. The monoisotopic (exact) mass is 344 g/mol. The SMILES string of the molecule is C[C@H](C(=O)N1CCN(C[C@@H](C)O)CC1)n1cc(Br)cn1. The Morgan fingerprint density at radius 1 is 1.40 bits per heavy atom. The second-order valence-electron chi connectivity index (χ2n) is 5.29. The summed E-state index contributed by atoms with van der Waals surface area (Å²) in [5, 5.41) is 13.5. The molecule has 1 saturated heterocycles. The summed E-state index contributed by atoms with van der Waals surface area (Å²) in [5.41, 5.74) is 0. The molecule has 1 fully saturated rings. The summed E-state index contributed by atoms with van der Waals surface area (Å²) >= 11 is 3.34. The maximum Gasteiger partial charge on any atom is 0.247 e. The summed E-state index contributed by atoms with van der Waals surface area (Å²) in [6.45, 7) is 7.36. The lowest BCUT2D eigenvalue weighted by Gasteiger charge is -2.36. The first-order valence-corrected chi connectivity index (χ1v) is 7.65. The van der Waals surface area contributed by atoms with Gasteiger partial charge in [0, 0.05) is 38.9 Å². The Balaban J connectivity index is 1.88. The molecule has 6 nitrogen and oxygen atoms in total. The molecule has 0 bridgehead atoms. The van der Waals surface area contributed by atoms with Crippen molar-refractivity contribution in [3.63, 3.8) is 0 Å². The van der Waals surface area contributed by atoms with Crippen molar-refractivity contribution >= 4 is 21.8 Å². The quantitative estimate of drug-likeness (QED) is 0.874. The molecule has 2 atom stereocenters. The molecule has 0 unspecified atom stereocenters. The van der Waals surface area contributed by atoms with Crippen LogP contribution in [0, 0.1) is 0 Å². The number of aliphatic hydroxyl groups excluding tert-OH is 1. The van der Waals surface area contributed by atoms with Crippen molar-refractivity contribution in [2.45, 2.75) is 26.0 Å². The van der Waals surface area contributed by atoms with Crippen LogP contribution >= 0.6 is 15.9 Å². The van der Waals surface area contributed by atoms with E-state index in [0.717, 1.165) is 17.6 Å². The lowest BCUT2D eigenvalue weighted by molar-refractivity contribution is -0.136. The highest BCUT2D eigenvalue weighted by Gasteiger charge is 2.26. The average molecular weight is 345 g/mol. The zero-order valence-electron chi connectivity index (χ0n) is 11.9. The smallest absolute Gasteiger partial charge is 0.247 e. The van der Waals surface area contributed by atoms with Gasteiger partial charge >= 0.3 is 0 Å². The molecule has 1 aromatic heterocycles. The van der Waals surface area contributed by atoms with E-state index in [0.29, 0.717) is 19.6 Å². The molecule has 1 amide bonds. The lowest BCUT2D eigenvalue weighted by atomic mass is 10.2. The van der Waals surface area contributed by atoms with Gasteiger partial charge in [0.05, 0.1) is 16.8 Å². The number of aliphatic hydroxyl groups is 1. The number of rotatable bonds is 4. The molecule has 20 heavy (non-hydrogen) atoms. The largest absolute Gasteiger partial charge is 0.392 e. The molecule has 0 saturated carbocycles. The van der Waals surface area contributed by atoms with Crippen LogP contribution in [0.15, 0.2) is 16.9 Å². The lowest BCUT2D eigenvalue weighted by Crippen LogP contribution is -2.51. The summed E-state index contributed by atoms with van der Waals surface area (Å²) in [7, 11) is 0. The Hall–Kier alpha value is -0.920. The number of nitrogens with zero attached hydrogens (tertiary/aromatic N) is 4. The predicted molar refractivity (Wildman–Crippen MR) is 79.3 cm³/mol. The molecule has 1 aliphatic rings. The van der Waals surface area contributed by atoms with Crippen LogP contribution in [0.25, 0.3) is 0 Å². The predicted octanol–water partition coefficient (Wildman–Crippen LogP) is 0.732. The van der Waals surface area contributed by atoms with E-state index < -0.39 is 0 Å². The van der Waals surface area contributed by atoms with Crippen LogP contribution in [0.2, 0.25) is 0 Å². The highest BCUT2D eigenvalue weighted by molar-refractivity contribution is 9.10. The summed E-state index contributed by atoms with van der Waals surface area (Å²) in [5.74, 6) is 0.0947. The minimum atomic E-state index is -0.322. The number of piperazine rings is 1. The Kier molecular flexibility index (Phi) is 5.17. The summed E-state index contributed by atoms with van der Waals surface area (Å²) < 4.78 is 2.55. The van der Waals surface area contributed by atoms with E-state index in [2.05, 4.69) is 25.9 Å². The van der Waals surface area contributed by atoms with E-state index in [1.54, 1.807) is 17.8 Å². The van der Waals surface area contributed by atoms with Crippen molar-refractivity contribution in [2.75, 3.05) is 32.7 Å². The molecule has 0 spiro atoms. The summed E-state index contributed by atoms with van der Waals surface area (Å²) in [6, 6.07) is -0.287. The van der Waals surface area contributed by atoms with Crippen LogP contribution in [-0.4, -0.2) is 69.4 Å². The van der Waals surface area contributed by atoms with Gasteiger partial charge in [-0.15, -0.1) is 0 Å². The van der Waals surface area contributed by atoms with E-state index in [-0.39, 0.29) is 18.1 Å². The van der Waals surface area contributed by atoms with E-state index in [4.69, 9.17) is 0 Å². The number of aromatic nitrogens is 2. The molecule has 1 aromatic rings. The van der Waals surface area contributed by atoms with Crippen LogP contribution in [-0.2, 0) is 4.79 Å². The third-order valence-electron chi connectivity index (χ3n) is 3.53. The highest BCUT2D eigenvalue weighted by atomic mass is 79.9. The van der Waals surface area contributed by atoms with Crippen LogP contribution < -0.4 is 0 Å². The van der Waals surface area contributed by atoms with Crippen molar-refractivity contribution in [3.05, 3.63) is 16.9 Å². The maximum atomic E-state index is 12.4. The number of amides is 1. The molecule has 2 heterocycles. The molecule has 112 valence electrons. The van der Waals surface area contributed by atoms with Crippen molar-refractivity contribution in [2.24, 2.45) is 0 Å². The van der Waals surface area contributed by atoms with Gasteiger partial charge in [0.15, 0.2) is 0 Å². The van der Waals surface area contributed by atoms with E-state index in [1.165, 1.54) is 0 Å². The molecule has 7 heteroatoms. The van der Waals surface area contributed by atoms with Crippen molar-refractivity contribution in [1.82, 2.24) is 19.6 Å². The van der Waals surface area contributed by atoms with Gasteiger partial charge in [0.1, 0.15) is 6.04 Å². The molecule has 0 aromatic carbocycles. The first-order chi connectivity index (χ1) is 9.47. The van der Waals surface area contributed by atoms with E-state index >= 15 is 0 Å². The standard InChI is InChI=1S/C13H21BrN4O2/c1-10(19)8-16-3-5-17(6-4-16)13(20)11(2)18-9-12(14)7-15-18/h7,9-11,19H,3-6,8H2,1-2H3/t10-,11-/m1/s1. The number of hydrogen-bond donors (Lipinski definition) is 1. The van der Waals surface area contributed by atoms with Gasteiger partial charge in [-0.2, -0.15) is 5.10 Å². The van der Waals surface area contributed by atoms with Gasteiger partial charge in [-0.25, -0.2) is 0 Å². The zero-order chi connectivity index (χ0) is 14.7. The number of carbonyl (C=O) groups is 1. The van der Waals surface area contributed by atoms with Gasteiger partial charge in [-0.05, 0) is 29.8 Å². The van der Waals surface area contributed by atoms with Crippen molar-refractivity contribution < 1.29 is 9.90 Å². The van der Waals surface area contributed by atoms with E-state index in [9.17, 15) is 9.90 Å². The van der Waals surface area contributed by atoms with Crippen LogP contribution in [0.4, 0.5) is 0 Å². The van der Waals surface area contributed by atoms with Crippen molar-refractivity contribution in [3.8, 4) is 0 Å². The van der Waals surface area contributed by atoms with Gasteiger partial charge in [0.2, 0.25) is 5.91 Å². The number of halogens is 1.